The van der Waals surface area contributed by atoms with E-state index in [4.69, 9.17) is 9.73 Å². The van der Waals surface area contributed by atoms with E-state index in [9.17, 15) is 13.2 Å². The summed E-state index contributed by atoms with van der Waals surface area (Å²) in [7, 11) is 0. The number of aliphatic imine (C=N–C) groups is 1. The van der Waals surface area contributed by atoms with Crippen LogP contribution >= 0.6 is 0 Å². The van der Waals surface area contributed by atoms with E-state index in [1.165, 1.54) is 25.7 Å². The zero-order chi connectivity index (χ0) is 18.6. The molecule has 0 bridgehead atoms. The summed E-state index contributed by atoms with van der Waals surface area (Å²) in [6.07, 6.45) is 1.70. The lowest BCUT2D eigenvalue weighted by Crippen LogP contribution is -2.39. The number of hydrogen-bond acceptors (Lipinski definition) is 2. The van der Waals surface area contributed by atoms with E-state index in [2.05, 4.69) is 10.6 Å². The summed E-state index contributed by atoms with van der Waals surface area (Å²) in [5.74, 6) is 0.706. The molecule has 1 rings (SSSR count). The highest BCUT2D eigenvalue weighted by Crippen LogP contribution is 2.41. The van der Waals surface area contributed by atoms with Crippen LogP contribution in [0.3, 0.4) is 0 Å². The molecular formula is C18H34F3N3O. The number of rotatable bonds is 11. The normalized spacial score (nSPS) is 17.7. The number of nitrogens with one attached hydrogen (secondary N) is 2. The van der Waals surface area contributed by atoms with Gasteiger partial charge in [0.15, 0.2) is 5.96 Å². The topological polar surface area (TPSA) is 45.7 Å². The van der Waals surface area contributed by atoms with Crippen molar-refractivity contribution in [1.82, 2.24) is 10.6 Å². The lowest BCUT2D eigenvalue weighted by molar-refractivity contribution is -0.135. The van der Waals surface area contributed by atoms with Gasteiger partial charge in [-0.2, -0.15) is 13.2 Å². The fraction of sp³-hybridized carbons (Fsp3) is 0.944. The Bertz CT molecular complexity index is 380. The number of unbranched alkanes of at least 4 members (excludes halogenated alkanes) is 1. The number of ether oxygens (including phenoxy) is 1. The van der Waals surface area contributed by atoms with Crippen molar-refractivity contribution in [3.63, 3.8) is 0 Å². The third-order valence-electron chi connectivity index (χ3n) is 4.74. The van der Waals surface area contributed by atoms with E-state index in [1.54, 1.807) is 0 Å². The lowest BCUT2D eigenvalue weighted by Gasteiger charge is -2.27. The third kappa shape index (κ3) is 9.92. The van der Waals surface area contributed by atoms with Crippen molar-refractivity contribution in [1.29, 1.82) is 0 Å². The van der Waals surface area contributed by atoms with E-state index in [1.807, 2.05) is 13.8 Å². The first kappa shape index (κ1) is 22.1. The van der Waals surface area contributed by atoms with Crippen LogP contribution < -0.4 is 10.6 Å². The Balaban J connectivity index is 2.43. The average Bonchev–Trinajstić information content (AvgIpc) is 3.00. The summed E-state index contributed by atoms with van der Waals surface area (Å²) in [5.41, 5.74) is 0.216. The second kappa shape index (κ2) is 11.6. The van der Waals surface area contributed by atoms with Crippen molar-refractivity contribution >= 4 is 5.96 Å². The molecule has 0 unspecified atom stereocenters. The molecule has 0 heterocycles. The third-order valence-corrected chi connectivity index (χ3v) is 4.74. The van der Waals surface area contributed by atoms with Crippen LogP contribution in [-0.4, -0.2) is 45.0 Å². The van der Waals surface area contributed by atoms with Gasteiger partial charge in [-0.05, 0) is 51.4 Å². The smallest absolute Gasteiger partial charge is 0.382 e. The van der Waals surface area contributed by atoms with Crippen LogP contribution in [0.5, 0.6) is 0 Å². The first-order valence-corrected chi connectivity index (χ1v) is 9.57. The largest absolute Gasteiger partial charge is 0.389 e. The zero-order valence-electron chi connectivity index (χ0n) is 15.7. The van der Waals surface area contributed by atoms with Crippen LogP contribution in [0.15, 0.2) is 4.99 Å². The molecule has 0 spiro atoms. The van der Waals surface area contributed by atoms with E-state index in [0.717, 1.165) is 32.7 Å². The van der Waals surface area contributed by atoms with Gasteiger partial charge >= 0.3 is 6.18 Å². The van der Waals surface area contributed by atoms with E-state index >= 15 is 0 Å². The minimum Gasteiger partial charge on any atom is -0.382 e. The molecule has 0 amide bonds. The maximum Gasteiger partial charge on any atom is 0.389 e. The van der Waals surface area contributed by atoms with Gasteiger partial charge in [0, 0.05) is 39.3 Å². The highest BCUT2D eigenvalue weighted by Gasteiger charge is 2.33. The minimum absolute atomic E-state index is 0.147. The summed E-state index contributed by atoms with van der Waals surface area (Å²) >= 11 is 0. The summed E-state index contributed by atoms with van der Waals surface area (Å²) < 4.78 is 42.0. The van der Waals surface area contributed by atoms with Gasteiger partial charge in [-0.25, -0.2) is 0 Å². The predicted molar refractivity (Wildman–Crippen MR) is 95.9 cm³/mol. The second-order valence-corrected chi connectivity index (χ2v) is 6.85. The Hall–Kier alpha value is -0.980. The summed E-state index contributed by atoms with van der Waals surface area (Å²) in [6.45, 7) is 7.49. The highest BCUT2D eigenvalue weighted by atomic mass is 19.4. The van der Waals surface area contributed by atoms with Gasteiger partial charge in [0.1, 0.15) is 0 Å². The number of halogens is 3. The molecule has 0 radical (unpaired) electrons. The molecule has 0 aromatic rings. The van der Waals surface area contributed by atoms with E-state index < -0.39 is 12.6 Å². The van der Waals surface area contributed by atoms with Gasteiger partial charge in [0.05, 0.1) is 0 Å². The molecule has 1 fully saturated rings. The SMILES string of the molecule is CCNC(=NCC1(CCOCC)CCCC1)NCCCCC(F)(F)F. The van der Waals surface area contributed by atoms with Gasteiger partial charge in [0.25, 0.3) is 0 Å². The van der Waals surface area contributed by atoms with E-state index in [0.29, 0.717) is 18.9 Å². The Morgan fingerprint density at radius 1 is 1.12 bits per heavy atom. The molecule has 7 heteroatoms. The molecule has 0 aromatic carbocycles. The number of guanidine groups is 1. The highest BCUT2D eigenvalue weighted by molar-refractivity contribution is 5.79. The monoisotopic (exact) mass is 365 g/mol. The van der Waals surface area contributed by atoms with Gasteiger partial charge in [-0.1, -0.05) is 12.8 Å². The van der Waals surface area contributed by atoms with Crippen molar-refractivity contribution in [2.45, 2.75) is 71.4 Å². The summed E-state index contributed by atoms with van der Waals surface area (Å²) in [6, 6.07) is 0. The Labute approximate surface area is 150 Å². The van der Waals surface area contributed by atoms with E-state index in [-0.39, 0.29) is 11.8 Å². The van der Waals surface area contributed by atoms with Gasteiger partial charge in [-0.15, -0.1) is 0 Å². The van der Waals surface area contributed by atoms with Crippen molar-refractivity contribution < 1.29 is 17.9 Å². The van der Waals surface area contributed by atoms with Gasteiger partial charge < -0.3 is 15.4 Å². The molecule has 1 saturated carbocycles. The van der Waals surface area contributed by atoms with Crippen LogP contribution in [0.2, 0.25) is 0 Å². The fourth-order valence-electron chi connectivity index (χ4n) is 3.29. The predicted octanol–water partition coefficient (Wildman–Crippen LogP) is 4.26. The molecule has 0 saturated heterocycles. The second-order valence-electron chi connectivity index (χ2n) is 6.85. The van der Waals surface area contributed by atoms with Gasteiger partial charge in [-0.3, -0.25) is 4.99 Å². The Morgan fingerprint density at radius 3 is 2.44 bits per heavy atom. The van der Waals surface area contributed by atoms with Crippen LogP contribution in [0.1, 0.15) is 65.2 Å². The Morgan fingerprint density at radius 2 is 1.84 bits per heavy atom. The molecule has 0 atom stereocenters. The average molecular weight is 365 g/mol. The maximum atomic E-state index is 12.2. The number of hydrogen-bond donors (Lipinski definition) is 2. The van der Waals surface area contributed by atoms with Crippen LogP contribution in [0.25, 0.3) is 0 Å². The van der Waals surface area contributed by atoms with Crippen LogP contribution in [0.4, 0.5) is 13.2 Å². The van der Waals surface area contributed by atoms with Crippen LogP contribution in [0, 0.1) is 5.41 Å². The molecular weight excluding hydrogens is 331 g/mol. The van der Waals surface area contributed by atoms with Crippen molar-refractivity contribution in [2.75, 3.05) is 32.8 Å². The first-order chi connectivity index (χ1) is 11.9. The summed E-state index contributed by atoms with van der Waals surface area (Å²) in [5, 5.41) is 6.34. The fourth-order valence-corrected chi connectivity index (χ4v) is 3.29. The van der Waals surface area contributed by atoms with Crippen molar-refractivity contribution in [2.24, 2.45) is 10.4 Å². The Kier molecular flexibility index (Phi) is 10.2. The van der Waals surface area contributed by atoms with Crippen molar-refractivity contribution in [3.05, 3.63) is 0 Å². The van der Waals surface area contributed by atoms with Crippen molar-refractivity contribution in [3.8, 4) is 0 Å². The minimum atomic E-state index is -4.06. The maximum absolute atomic E-state index is 12.2. The molecule has 4 nitrogen and oxygen atoms in total. The molecule has 148 valence electrons. The molecule has 1 aliphatic carbocycles. The summed E-state index contributed by atoms with van der Waals surface area (Å²) in [4.78, 5) is 4.71. The molecule has 0 aromatic heterocycles. The van der Waals surface area contributed by atoms with Crippen LogP contribution in [-0.2, 0) is 4.74 Å². The molecule has 25 heavy (non-hydrogen) atoms. The zero-order valence-corrected chi connectivity index (χ0v) is 15.7. The number of alkyl halides is 3. The molecule has 2 N–H and O–H groups in total. The quantitative estimate of drug-likeness (QED) is 0.327. The lowest BCUT2D eigenvalue weighted by atomic mass is 9.83. The standard InChI is InChI=1S/C18H34F3N3O/c1-3-22-16(23-13-8-7-11-18(19,20)21)24-15-17(9-5-6-10-17)12-14-25-4-2/h3-15H2,1-2H3,(H2,22,23,24). The number of nitrogens with zero attached hydrogens (tertiary/aromatic N) is 1. The molecule has 0 aliphatic heterocycles. The molecule has 1 aliphatic rings. The first-order valence-electron chi connectivity index (χ1n) is 9.57. The van der Waals surface area contributed by atoms with Gasteiger partial charge in [0.2, 0.25) is 0 Å².